The highest BCUT2D eigenvalue weighted by Gasteiger charge is 2.34. The molecule has 3 aromatic heterocycles. The van der Waals surface area contributed by atoms with Gasteiger partial charge >= 0.3 is 0 Å². The average Bonchev–Trinajstić information content (AvgIpc) is 3.00. The van der Waals surface area contributed by atoms with E-state index in [0.717, 1.165) is 29.6 Å². The first-order valence-corrected chi connectivity index (χ1v) is 10.1. The molecule has 3 aromatic rings. The summed E-state index contributed by atoms with van der Waals surface area (Å²) in [5.41, 5.74) is 2.12. The average molecular weight is 372 g/mol. The Morgan fingerprint density at radius 3 is 2.62 bits per heavy atom. The zero-order chi connectivity index (χ0) is 18.3. The molecule has 0 aromatic carbocycles. The second-order valence-electron chi connectivity index (χ2n) is 6.62. The van der Waals surface area contributed by atoms with Crippen molar-refractivity contribution in [2.45, 2.75) is 37.5 Å². The van der Waals surface area contributed by atoms with Crippen molar-refractivity contribution < 1.29 is 12.9 Å². The summed E-state index contributed by atoms with van der Waals surface area (Å²) in [7, 11) is -3.58. The number of nitrogens with zero attached hydrogens (tertiary/aromatic N) is 4. The first-order valence-electron chi connectivity index (χ1n) is 8.61. The van der Waals surface area contributed by atoms with E-state index in [4.69, 9.17) is 4.52 Å². The maximum Gasteiger partial charge on any atom is 0.248 e. The fourth-order valence-electron chi connectivity index (χ4n) is 3.56. The van der Waals surface area contributed by atoms with E-state index >= 15 is 0 Å². The highest BCUT2D eigenvalue weighted by Crippen LogP contribution is 2.32. The lowest BCUT2D eigenvalue weighted by Crippen LogP contribution is -2.38. The molecule has 0 amide bonds. The van der Waals surface area contributed by atoms with Crippen LogP contribution in [0.2, 0.25) is 0 Å². The van der Waals surface area contributed by atoms with E-state index in [9.17, 15) is 8.42 Å². The van der Waals surface area contributed by atoms with Crippen LogP contribution in [0.25, 0.3) is 11.0 Å². The first-order chi connectivity index (χ1) is 12.5. The third-order valence-electron chi connectivity index (χ3n) is 4.92. The summed E-state index contributed by atoms with van der Waals surface area (Å²) in [6.45, 7) is 4.20. The lowest BCUT2D eigenvalue weighted by atomic mass is 9.94. The molecular weight excluding hydrogens is 352 g/mol. The number of hydrogen-bond donors (Lipinski definition) is 0. The Morgan fingerprint density at radius 1 is 1.15 bits per heavy atom. The molecule has 26 heavy (non-hydrogen) atoms. The molecule has 1 saturated heterocycles. The summed E-state index contributed by atoms with van der Waals surface area (Å²) < 4.78 is 32.4. The van der Waals surface area contributed by atoms with Gasteiger partial charge in [0.25, 0.3) is 0 Å². The van der Waals surface area contributed by atoms with Crippen LogP contribution >= 0.6 is 0 Å². The molecule has 7 nitrogen and oxygen atoms in total. The number of aromatic nitrogens is 3. The summed E-state index contributed by atoms with van der Waals surface area (Å²) in [4.78, 5) is 9.17. The van der Waals surface area contributed by atoms with Crippen molar-refractivity contribution in [3.63, 3.8) is 0 Å². The van der Waals surface area contributed by atoms with E-state index in [0.29, 0.717) is 24.5 Å². The van der Waals surface area contributed by atoms with Gasteiger partial charge in [0.15, 0.2) is 11.4 Å². The summed E-state index contributed by atoms with van der Waals surface area (Å²) in [5, 5.41) is 4.78. The van der Waals surface area contributed by atoms with E-state index in [1.165, 1.54) is 4.31 Å². The van der Waals surface area contributed by atoms with Gasteiger partial charge in [0.1, 0.15) is 10.6 Å². The number of aryl methyl sites for hydroxylation is 2. The lowest BCUT2D eigenvalue weighted by Gasteiger charge is -2.30. The Labute approximate surface area is 152 Å². The van der Waals surface area contributed by atoms with Gasteiger partial charge in [-0.3, -0.25) is 0 Å². The van der Waals surface area contributed by atoms with E-state index in [1.807, 2.05) is 24.3 Å². The molecule has 1 aliphatic rings. The molecule has 0 radical (unpaired) electrons. The van der Waals surface area contributed by atoms with Gasteiger partial charge in [-0.1, -0.05) is 5.16 Å². The number of rotatable bonds is 3. The minimum atomic E-state index is -3.58. The number of piperidine rings is 1. The molecule has 1 fully saturated rings. The van der Waals surface area contributed by atoms with Crippen LogP contribution < -0.4 is 0 Å². The number of hydrogen-bond acceptors (Lipinski definition) is 6. The maximum atomic E-state index is 12.9. The van der Waals surface area contributed by atoms with Crippen LogP contribution in [0.5, 0.6) is 0 Å². The molecule has 4 heterocycles. The van der Waals surface area contributed by atoms with Crippen LogP contribution in [-0.2, 0) is 10.0 Å². The van der Waals surface area contributed by atoms with E-state index < -0.39 is 10.0 Å². The van der Waals surface area contributed by atoms with Crippen molar-refractivity contribution in [1.29, 1.82) is 0 Å². The number of sulfonamides is 1. The third kappa shape index (κ3) is 2.89. The van der Waals surface area contributed by atoms with Crippen molar-refractivity contribution in [3.8, 4) is 0 Å². The van der Waals surface area contributed by atoms with Crippen molar-refractivity contribution in [1.82, 2.24) is 19.4 Å². The van der Waals surface area contributed by atoms with E-state index in [-0.39, 0.29) is 10.8 Å². The predicted octanol–water partition coefficient (Wildman–Crippen LogP) is 2.80. The van der Waals surface area contributed by atoms with Crippen molar-refractivity contribution >= 4 is 21.1 Å². The van der Waals surface area contributed by atoms with Gasteiger partial charge in [0.05, 0.1) is 0 Å². The first kappa shape index (κ1) is 17.1. The predicted molar refractivity (Wildman–Crippen MR) is 96.2 cm³/mol. The van der Waals surface area contributed by atoms with Gasteiger partial charge in [0, 0.05) is 36.3 Å². The Bertz CT molecular complexity index is 1030. The molecule has 0 N–H and O–H groups in total. The van der Waals surface area contributed by atoms with Crippen molar-refractivity contribution in [2.24, 2.45) is 0 Å². The molecule has 0 aliphatic carbocycles. The summed E-state index contributed by atoms with van der Waals surface area (Å²) in [6, 6.07) is 7.92. The van der Waals surface area contributed by atoms with Crippen LogP contribution in [-0.4, -0.2) is 40.9 Å². The molecule has 136 valence electrons. The van der Waals surface area contributed by atoms with Crippen molar-refractivity contribution in [2.75, 3.05) is 13.1 Å². The van der Waals surface area contributed by atoms with E-state index in [2.05, 4.69) is 15.1 Å². The number of pyridine rings is 2. The maximum absolute atomic E-state index is 12.9. The fourth-order valence-corrected chi connectivity index (χ4v) is 5.32. The normalized spacial score (nSPS) is 17.0. The topological polar surface area (TPSA) is 89.2 Å². The SMILES string of the molecule is Cc1noc(C)c1S(=O)(=O)N1CCC(c2ccc3cccnc3n2)CC1. The molecule has 1 aliphatic heterocycles. The minimum absolute atomic E-state index is 0.198. The summed E-state index contributed by atoms with van der Waals surface area (Å²) in [5.74, 6) is 0.574. The third-order valence-corrected chi connectivity index (χ3v) is 7.07. The highest BCUT2D eigenvalue weighted by molar-refractivity contribution is 7.89. The van der Waals surface area contributed by atoms with Gasteiger partial charge in [-0.2, -0.15) is 4.31 Å². The standard InChI is InChI=1S/C18H20N4O3S/c1-12-17(13(2)25-21-12)26(23,24)22-10-7-14(8-11-22)16-6-5-15-4-3-9-19-18(15)20-16/h3-6,9,14H,7-8,10-11H2,1-2H3. The molecule has 0 spiro atoms. The number of fused-ring (bicyclic) bond motifs is 1. The Hall–Kier alpha value is -2.32. The zero-order valence-corrected chi connectivity index (χ0v) is 15.5. The van der Waals surface area contributed by atoms with Gasteiger partial charge in [-0.15, -0.1) is 0 Å². The second-order valence-corrected chi connectivity index (χ2v) is 8.49. The second kappa shape index (κ2) is 6.44. The Kier molecular flexibility index (Phi) is 4.24. The van der Waals surface area contributed by atoms with Crippen molar-refractivity contribution in [3.05, 3.63) is 47.6 Å². The van der Waals surface area contributed by atoms with Crippen LogP contribution in [0.4, 0.5) is 0 Å². The van der Waals surface area contributed by atoms with Gasteiger partial charge in [-0.25, -0.2) is 18.4 Å². The molecule has 8 heteroatoms. The van der Waals surface area contributed by atoms with Crippen LogP contribution in [0.3, 0.4) is 0 Å². The van der Waals surface area contributed by atoms with Gasteiger partial charge in [-0.05, 0) is 51.0 Å². The molecule has 0 unspecified atom stereocenters. The van der Waals surface area contributed by atoms with Crippen LogP contribution in [0, 0.1) is 13.8 Å². The van der Waals surface area contributed by atoms with Gasteiger partial charge < -0.3 is 4.52 Å². The molecular formula is C18H20N4O3S. The Balaban J connectivity index is 1.53. The van der Waals surface area contributed by atoms with E-state index in [1.54, 1.807) is 20.0 Å². The highest BCUT2D eigenvalue weighted by atomic mass is 32.2. The van der Waals surface area contributed by atoms with Gasteiger partial charge in [0.2, 0.25) is 10.0 Å². The van der Waals surface area contributed by atoms with Crippen LogP contribution in [0.1, 0.15) is 35.9 Å². The molecule has 0 saturated carbocycles. The van der Waals surface area contributed by atoms with Crippen LogP contribution in [0.15, 0.2) is 39.9 Å². The quantitative estimate of drug-likeness (QED) is 0.702. The summed E-state index contributed by atoms with van der Waals surface area (Å²) in [6.07, 6.45) is 3.19. The smallest absolute Gasteiger partial charge is 0.248 e. The zero-order valence-electron chi connectivity index (χ0n) is 14.7. The summed E-state index contributed by atoms with van der Waals surface area (Å²) >= 11 is 0. The largest absolute Gasteiger partial charge is 0.360 e. The monoisotopic (exact) mass is 372 g/mol. The lowest BCUT2D eigenvalue weighted by molar-refractivity contribution is 0.316. The molecule has 0 bridgehead atoms. The minimum Gasteiger partial charge on any atom is -0.360 e. The Morgan fingerprint density at radius 2 is 1.92 bits per heavy atom. The molecule has 0 atom stereocenters. The fraction of sp³-hybridized carbons (Fsp3) is 0.389. The molecule has 4 rings (SSSR count).